The number of ether oxygens (including phenoxy) is 1. The molecular weight excluding hydrogens is 429 g/mol. The van der Waals surface area contributed by atoms with Crippen LogP contribution in [0.2, 0.25) is 10.0 Å². The second kappa shape index (κ2) is 8.62. The Hall–Kier alpha value is -2.92. The summed E-state index contributed by atoms with van der Waals surface area (Å²) in [6.45, 7) is 0.657. The first-order valence-electron chi connectivity index (χ1n) is 8.57. The van der Waals surface area contributed by atoms with E-state index in [-0.39, 0.29) is 10.6 Å². The van der Waals surface area contributed by atoms with Gasteiger partial charge in [0, 0.05) is 18.1 Å². The van der Waals surface area contributed by atoms with Crippen molar-refractivity contribution in [2.24, 2.45) is 0 Å². The second-order valence-corrected chi connectivity index (χ2v) is 7.69. The van der Waals surface area contributed by atoms with E-state index in [0.29, 0.717) is 23.1 Å². The number of anilines is 1. The number of thiophene rings is 1. The molecule has 0 aliphatic heterocycles. The number of halogens is 2. The Morgan fingerprint density at radius 2 is 2.07 bits per heavy atom. The Morgan fingerprint density at radius 1 is 1.17 bits per heavy atom. The SMILES string of the molecule is N#Cc1c(Cl)cncc1Oc1cccc(CCNc2ncnc3scc(Cl)c23)c1. The lowest BCUT2D eigenvalue weighted by Crippen LogP contribution is -2.07. The molecule has 0 saturated carbocycles. The summed E-state index contributed by atoms with van der Waals surface area (Å²) in [7, 11) is 0. The van der Waals surface area contributed by atoms with Gasteiger partial charge in [0.05, 0.1) is 21.6 Å². The first kappa shape index (κ1) is 19.4. The third kappa shape index (κ3) is 4.25. The summed E-state index contributed by atoms with van der Waals surface area (Å²) in [4.78, 5) is 13.4. The van der Waals surface area contributed by atoms with Crippen LogP contribution in [0, 0.1) is 11.3 Å². The molecule has 0 amide bonds. The van der Waals surface area contributed by atoms with Crippen LogP contribution in [0.25, 0.3) is 10.2 Å². The Labute approximate surface area is 180 Å². The summed E-state index contributed by atoms with van der Waals surface area (Å²) in [5.41, 5.74) is 1.32. The smallest absolute Gasteiger partial charge is 0.164 e. The molecule has 0 saturated heterocycles. The third-order valence-corrected chi connectivity index (χ3v) is 5.73. The maximum absolute atomic E-state index is 9.27. The standard InChI is InChI=1S/C20H13Cl2N5OS/c21-15-8-24-9-17(14(15)7-23)28-13-3-1-2-12(6-13)4-5-25-19-18-16(22)10-29-20(18)27-11-26-19/h1-3,6,8-11H,4-5H2,(H,25,26,27). The van der Waals surface area contributed by atoms with E-state index in [9.17, 15) is 5.26 Å². The van der Waals surface area contributed by atoms with Gasteiger partial charge in [-0.15, -0.1) is 11.3 Å². The molecule has 6 nitrogen and oxygen atoms in total. The van der Waals surface area contributed by atoms with Crippen LogP contribution in [0.3, 0.4) is 0 Å². The molecule has 0 spiro atoms. The van der Waals surface area contributed by atoms with Crippen LogP contribution in [-0.2, 0) is 6.42 Å². The number of pyridine rings is 1. The van der Waals surface area contributed by atoms with Crippen LogP contribution in [0.5, 0.6) is 11.5 Å². The van der Waals surface area contributed by atoms with Crippen LogP contribution in [0.1, 0.15) is 11.1 Å². The third-order valence-electron chi connectivity index (χ3n) is 4.13. The molecular formula is C20H13Cl2N5OS. The fraction of sp³-hybridized carbons (Fsp3) is 0.100. The van der Waals surface area contributed by atoms with Gasteiger partial charge in [-0.3, -0.25) is 4.98 Å². The summed E-state index contributed by atoms with van der Waals surface area (Å²) in [6, 6.07) is 9.67. The van der Waals surface area contributed by atoms with Gasteiger partial charge in [0.2, 0.25) is 0 Å². The molecule has 9 heteroatoms. The van der Waals surface area contributed by atoms with Crippen LogP contribution in [0.15, 0.2) is 48.4 Å². The molecule has 144 valence electrons. The lowest BCUT2D eigenvalue weighted by molar-refractivity contribution is 0.478. The molecule has 3 heterocycles. The summed E-state index contributed by atoms with van der Waals surface area (Å²) < 4.78 is 5.82. The van der Waals surface area contributed by atoms with E-state index in [2.05, 4.69) is 20.3 Å². The topological polar surface area (TPSA) is 83.7 Å². The van der Waals surface area contributed by atoms with Crippen molar-refractivity contribution in [2.75, 3.05) is 11.9 Å². The highest BCUT2D eigenvalue weighted by Crippen LogP contribution is 2.33. The molecule has 4 aromatic rings. The summed E-state index contributed by atoms with van der Waals surface area (Å²) in [5.74, 6) is 1.65. The number of benzene rings is 1. The molecule has 0 aliphatic carbocycles. The zero-order valence-corrected chi connectivity index (χ0v) is 17.2. The lowest BCUT2D eigenvalue weighted by Gasteiger charge is -2.10. The van der Waals surface area contributed by atoms with E-state index in [4.69, 9.17) is 27.9 Å². The van der Waals surface area contributed by atoms with Gasteiger partial charge in [0.15, 0.2) is 5.75 Å². The van der Waals surface area contributed by atoms with Gasteiger partial charge >= 0.3 is 0 Å². The van der Waals surface area contributed by atoms with E-state index in [0.717, 1.165) is 28.0 Å². The van der Waals surface area contributed by atoms with Crippen LogP contribution < -0.4 is 10.1 Å². The number of hydrogen-bond acceptors (Lipinski definition) is 7. The highest BCUT2D eigenvalue weighted by molar-refractivity contribution is 7.17. The predicted molar refractivity (Wildman–Crippen MR) is 115 cm³/mol. The van der Waals surface area contributed by atoms with E-state index in [1.807, 2.05) is 35.7 Å². The fourth-order valence-corrected chi connectivity index (χ4v) is 4.12. The second-order valence-electron chi connectivity index (χ2n) is 6.02. The van der Waals surface area contributed by atoms with Gasteiger partial charge in [0.1, 0.15) is 34.4 Å². The number of nitrogens with zero attached hydrogens (tertiary/aromatic N) is 4. The number of rotatable bonds is 6. The molecule has 3 aromatic heterocycles. The van der Waals surface area contributed by atoms with Crippen molar-refractivity contribution in [1.82, 2.24) is 15.0 Å². The molecule has 1 N–H and O–H groups in total. The minimum Gasteiger partial charge on any atom is -0.454 e. The Kier molecular flexibility index (Phi) is 5.76. The number of hydrogen-bond donors (Lipinski definition) is 1. The van der Waals surface area contributed by atoms with Gasteiger partial charge in [-0.05, 0) is 24.1 Å². The molecule has 1 aromatic carbocycles. The van der Waals surface area contributed by atoms with Gasteiger partial charge in [-0.2, -0.15) is 5.26 Å². The largest absolute Gasteiger partial charge is 0.454 e. The van der Waals surface area contributed by atoms with Gasteiger partial charge < -0.3 is 10.1 Å². The van der Waals surface area contributed by atoms with Crippen LogP contribution in [0.4, 0.5) is 5.82 Å². The Balaban J connectivity index is 1.45. The van der Waals surface area contributed by atoms with Crippen molar-refractivity contribution < 1.29 is 4.74 Å². The van der Waals surface area contributed by atoms with E-state index < -0.39 is 0 Å². The summed E-state index contributed by atoms with van der Waals surface area (Å²) in [6.07, 6.45) is 5.16. The minimum atomic E-state index is 0.258. The Morgan fingerprint density at radius 3 is 2.93 bits per heavy atom. The molecule has 29 heavy (non-hydrogen) atoms. The first-order chi connectivity index (χ1) is 14.2. The molecule has 0 bridgehead atoms. The minimum absolute atomic E-state index is 0.258. The summed E-state index contributed by atoms with van der Waals surface area (Å²) >= 11 is 13.7. The quantitative estimate of drug-likeness (QED) is 0.412. The molecule has 0 atom stereocenters. The summed E-state index contributed by atoms with van der Waals surface area (Å²) in [5, 5.41) is 16.2. The molecule has 0 aliphatic rings. The van der Waals surface area contributed by atoms with Crippen molar-refractivity contribution in [3.8, 4) is 17.6 Å². The van der Waals surface area contributed by atoms with Crippen molar-refractivity contribution >= 4 is 50.6 Å². The maximum atomic E-state index is 9.27. The van der Waals surface area contributed by atoms with E-state index >= 15 is 0 Å². The van der Waals surface area contributed by atoms with Crippen LogP contribution >= 0.6 is 34.5 Å². The van der Waals surface area contributed by atoms with Crippen molar-refractivity contribution in [3.63, 3.8) is 0 Å². The number of fused-ring (bicyclic) bond motifs is 1. The van der Waals surface area contributed by atoms with E-state index in [1.165, 1.54) is 30.1 Å². The van der Waals surface area contributed by atoms with E-state index in [1.54, 1.807) is 0 Å². The molecule has 0 unspecified atom stereocenters. The van der Waals surface area contributed by atoms with Crippen molar-refractivity contribution in [2.45, 2.75) is 6.42 Å². The maximum Gasteiger partial charge on any atom is 0.164 e. The highest BCUT2D eigenvalue weighted by atomic mass is 35.5. The average Bonchev–Trinajstić information content (AvgIpc) is 3.10. The number of aromatic nitrogens is 3. The van der Waals surface area contributed by atoms with Gasteiger partial charge in [0.25, 0.3) is 0 Å². The fourth-order valence-electron chi connectivity index (χ4n) is 2.79. The zero-order chi connectivity index (χ0) is 20.2. The molecule has 4 rings (SSSR count). The lowest BCUT2D eigenvalue weighted by atomic mass is 10.1. The normalized spacial score (nSPS) is 10.7. The number of nitrogens with one attached hydrogen (secondary N) is 1. The number of nitriles is 1. The van der Waals surface area contributed by atoms with Crippen molar-refractivity contribution in [1.29, 1.82) is 5.26 Å². The molecule has 0 fully saturated rings. The predicted octanol–water partition coefficient (Wildman–Crippen LogP) is 5.71. The van der Waals surface area contributed by atoms with Gasteiger partial charge in [-0.1, -0.05) is 35.3 Å². The van der Waals surface area contributed by atoms with Crippen molar-refractivity contribution in [3.05, 3.63) is 69.5 Å². The monoisotopic (exact) mass is 441 g/mol. The highest BCUT2D eigenvalue weighted by Gasteiger charge is 2.11. The van der Waals surface area contributed by atoms with Gasteiger partial charge in [-0.25, -0.2) is 9.97 Å². The van der Waals surface area contributed by atoms with Crippen LogP contribution in [-0.4, -0.2) is 21.5 Å². The first-order valence-corrected chi connectivity index (χ1v) is 10.2. The molecule has 0 radical (unpaired) electrons. The Bertz CT molecular complexity index is 1220. The zero-order valence-electron chi connectivity index (χ0n) is 14.9. The average molecular weight is 442 g/mol.